The molecule has 1 aliphatic rings. The summed E-state index contributed by atoms with van der Waals surface area (Å²) in [6.45, 7) is 2.44. The zero-order valence-electron chi connectivity index (χ0n) is 8.24. The first-order chi connectivity index (χ1) is 6.95. The van der Waals surface area contributed by atoms with Gasteiger partial charge in [-0.15, -0.1) is 11.3 Å². The lowest BCUT2D eigenvalue weighted by Crippen LogP contribution is -2.29. The molecule has 1 aliphatic heterocycles. The van der Waals surface area contributed by atoms with Crippen LogP contribution < -0.4 is 5.32 Å². The van der Waals surface area contributed by atoms with Crippen LogP contribution in [0.3, 0.4) is 0 Å². The number of thiazole rings is 1. The van der Waals surface area contributed by atoms with Crippen molar-refractivity contribution in [1.82, 2.24) is 10.3 Å². The van der Waals surface area contributed by atoms with E-state index in [2.05, 4.69) is 10.3 Å². The van der Waals surface area contributed by atoms with Crippen molar-refractivity contribution < 1.29 is 0 Å². The molecular formula is C10H16N2S2. The van der Waals surface area contributed by atoms with Crippen LogP contribution in [0.15, 0.2) is 15.9 Å². The predicted molar refractivity (Wildman–Crippen MR) is 63.0 cm³/mol. The Morgan fingerprint density at radius 3 is 3.36 bits per heavy atom. The van der Waals surface area contributed by atoms with E-state index in [1.807, 2.05) is 23.3 Å². The minimum atomic E-state index is 0.899. The molecular weight excluding hydrogens is 212 g/mol. The quantitative estimate of drug-likeness (QED) is 0.802. The summed E-state index contributed by atoms with van der Waals surface area (Å²) in [4.78, 5) is 4.26. The maximum atomic E-state index is 4.26. The van der Waals surface area contributed by atoms with Crippen molar-refractivity contribution in [3.05, 3.63) is 11.6 Å². The van der Waals surface area contributed by atoms with E-state index in [1.54, 1.807) is 11.3 Å². The highest BCUT2D eigenvalue weighted by Crippen LogP contribution is 2.24. The van der Waals surface area contributed by atoms with Gasteiger partial charge in [0.25, 0.3) is 0 Å². The summed E-state index contributed by atoms with van der Waals surface area (Å²) >= 11 is 3.65. The molecule has 1 atom stereocenters. The van der Waals surface area contributed by atoms with Crippen LogP contribution in [0.2, 0.25) is 0 Å². The third-order valence-electron chi connectivity index (χ3n) is 2.56. The Kier molecular flexibility index (Phi) is 4.28. The number of hydrogen-bond donors (Lipinski definition) is 1. The zero-order chi connectivity index (χ0) is 9.64. The lowest BCUT2D eigenvalue weighted by molar-refractivity contribution is 0.371. The van der Waals surface area contributed by atoms with Gasteiger partial charge < -0.3 is 5.32 Å². The predicted octanol–water partition coefficient (Wildman–Crippen LogP) is 2.62. The molecule has 0 aliphatic carbocycles. The molecule has 1 saturated heterocycles. The average Bonchev–Trinajstić information content (AvgIpc) is 2.72. The van der Waals surface area contributed by atoms with Crippen LogP contribution in [-0.4, -0.2) is 23.8 Å². The number of nitrogens with zero attached hydrogens (tertiary/aromatic N) is 1. The van der Waals surface area contributed by atoms with Gasteiger partial charge in [0.1, 0.15) is 4.34 Å². The summed E-state index contributed by atoms with van der Waals surface area (Å²) in [6.07, 6.45) is 5.98. The van der Waals surface area contributed by atoms with Gasteiger partial charge in [0.05, 0.1) is 0 Å². The lowest BCUT2D eigenvalue weighted by Gasteiger charge is -2.22. The van der Waals surface area contributed by atoms with Gasteiger partial charge in [-0.2, -0.15) is 0 Å². The molecule has 1 aromatic rings. The second-order valence-corrected chi connectivity index (χ2v) is 5.88. The summed E-state index contributed by atoms with van der Waals surface area (Å²) in [5.41, 5.74) is 0. The molecule has 0 aromatic carbocycles. The molecule has 0 amide bonds. The average molecular weight is 228 g/mol. The van der Waals surface area contributed by atoms with Gasteiger partial charge in [-0.05, 0) is 38.3 Å². The van der Waals surface area contributed by atoms with E-state index in [4.69, 9.17) is 0 Å². The number of nitrogens with one attached hydrogen (secondary N) is 1. The van der Waals surface area contributed by atoms with Gasteiger partial charge in [-0.25, -0.2) is 4.98 Å². The Labute approximate surface area is 93.5 Å². The Morgan fingerprint density at radius 2 is 2.64 bits per heavy atom. The van der Waals surface area contributed by atoms with Crippen LogP contribution in [0.4, 0.5) is 0 Å². The number of hydrogen-bond acceptors (Lipinski definition) is 4. The van der Waals surface area contributed by atoms with Gasteiger partial charge >= 0.3 is 0 Å². The highest BCUT2D eigenvalue weighted by atomic mass is 32.2. The van der Waals surface area contributed by atoms with Crippen LogP contribution in [0, 0.1) is 5.92 Å². The standard InChI is InChI=1S/C10H16N2S2/c1-2-9(8-11-4-1)3-6-13-10-12-5-7-14-10/h5,7,9,11H,1-4,6,8H2. The Bertz CT molecular complexity index is 243. The van der Waals surface area contributed by atoms with Crippen molar-refractivity contribution >= 4 is 23.1 Å². The molecule has 1 unspecified atom stereocenters. The van der Waals surface area contributed by atoms with E-state index in [9.17, 15) is 0 Å². The first-order valence-electron chi connectivity index (χ1n) is 5.18. The molecule has 0 spiro atoms. The molecule has 4 heteroatoms. The van der Waals surface area contributed by atoms with E-state index in [-0.39, 0.29) is 0 Å². The van der Waals surface area contributed by atoms with Crippen LogP contribution in [0.1, 0.15) is 19.3 Å². The van der Waals surface area contributed by atoms with Gasteiger partial charge in [0.15, 0.2) is 0 Å². The summed E-state index contributed by atoms with van der Waals surface area (Å²) in [6, 6.07) is 0. The first kappa shape index (κ1) is 10.5. The summed E-state index contributed by atoms with van der Waals surface area (Å²) in [5.74, 6) is 2.12. The normalized spacial score (nSPS) is 22.4. The lowest BCUT2D eigenvalue weighted by atomic mass is 9.97. The minimum absolute atomic E-state index is 0.899. The van der Waals surface area contributed by atoms with Gasteiger partial charge in [-0.3, -0.25) is 0 Å². The Morgan fingerprint density at radius 1 is 1.64 bits per heavy atom. The second-order valence-electron chi connectivity index (χ2n) is 3.65. The smallest absolute Gasteiger partial charge is 0.149 e. The zero-order valence-corrected chi connectivity index (χ0v) is 9.87. The van der Waals surface area contributed by atoms with Crippen LogP contribution in [0.25, 0.3) is 0 Å². The molecule has 14 heavy (non-hydrogen) atoms. The molecule has 1 aromatic heterocycles. The SMILES string of the molecule is c1csc(SCCC2CCCNC2)n1. The molecule has 2 heterocycles. The molecule has 2 nitrogen and oxygen atoms in total. The molecule has 0 saturated carbocycles. The van der Waals surface area contributed by atoms with Crippen LogP contribution in [0.5, 0.6) is 0 Å². The highest BCUT2D eigenvalue weighted by molar-refractivity contribution is 8.00. The van der Waals surface area contributed by atoms with Gasteiger partial charge in [0.2, 0.25) is 0 Å². The number of piperidine rings is 1. The molecule has 1 fully saturated rings. The highest BCUT2D eigenvalue weighted by Gasteiger charge is 2.12. The van der Waals surface area contributed by atoms with Crippen LogP contribution in [-0.2, 0) is 0 Å². The summed E-state index contributed by atoms with van der Waals surface area (Å²) in [5, 5.41) is 5.50. The van der Waals surface area contributed by atoms with E-state index in [1.165, 1.54) is 42.4 Å². The second kappa shape index (κ2) is 5.73. The van der Waals surface area contributed by atoms with Crippen molar-refractivity contribution in [3.8, 4) is 0 Å². The van der Waals surface area contributed by atoms with Crippen LogP contribution >= 0.6 is 23.1 Å². The monoisotopic (exact) mass is 228 g/mol. The molecule has 1 N–H and O–H groups in total. The molecule has 78 valence electrons. The van der Waals surface area contributed by atoms with E-state index in [0.29, 0.717) is 0 Å². The summed E-state index contributed by atoms with van der Waals surface area (Å²) in [7, 11) is 0. The maximum Gasteiger partial charge on any atom is 0.149 e. The Hall–Kier alpha value is -0.0600. The third kappa shape index (κ3) is 3.26. The molecule has 0 bridgehead atoms. The first-order valence-corrected chi connectivity index (χ1v) is 7.04. The number of aromatic nitrogens is 1. The maximum absolute atomic E-state index is 4.26. The number of rotatable bonds is 4. The van der Waals surface area contributed by atoms with E-state index >= 15 is 0 Å². The van der Waals surface area contributed by atoms with E-state index in [0.717, 1.165) is 5.92 Å². The van der Waals surface area contributed by atoms with Gasteiger partial charge in [-0.1, -0.05) is 11.8 Å². The molecule has 2 rings (SSSR count). The van der Waals surface area contributed by atoms with Crippen molar-refractivity contribution in [2.24, 2.45) is 5.92 Å². The summed E-state index contributed by atoms with van der Waals surface area (Å²) < 4.78 is 1.22. The van der Waals surface area contributed by atoms with Crippen molar-refractivity contribution in [2.45, 2.75) is 23.6 Å². The number of thioether (sulfide) groups is 1. The fourth-order valence-corrected chi connectivity index (χ4v) is 3.57. The topological polar surface area (TPSA) is 24.9 Å². The van der Waals surface area contributed by atoms with E-state index < -0.39 is 0 Å². The fraction of sp³-hybridized carbons (Fsp3) is 0.700. The van der Waals surface area contributed by atoms with Crippen molar-refractivity contribution in [2.75, 3.05) is 18.8 Å². The van der Waals surface area contributed by atoms with Crippen molar-refractivity contribution in [1.29, 1.82) is 0 Å². The largest absolute Gasteiger partial charge is 0.316 e. The minimum Gasteiger partial charge on any atom is -0.316 e. The van der Waals surface area contributed by atoms with Crippen molar-refractivity contribution in [3.63, 3.8) is 0 Å². The Balaban J connectivity index is 1.62. The van der Waals surface area contributed by atoms with Gasteiger partial charge in [0, 0.05) is 17.3 Å². The fourth-order valence-electron chi connectivity index (χ4n) is 1.76. The molecule has 0 radical (unpaired) electrons. The third-order valence-corrected chi connectivity index (χ3v) is 4.56.